The second-order valence-corrected chi connectivity index (χ2v) is 8.42. The van der Waals surface area contributed by atoms with E-state index in [9.17, 15) is 14.4 Å². The molecule has 1 heterocycles. The van der Waals surface area contributed by atoms with Gasteiger partial charge in [-0.15, -0.1) is 11.3 Å². The zero-order valence-electron chi connectivity index (χ0n) is 19.0. The number of carbonyl (C=O) groups is 3. The lowest BCUT2D eigenvalue weighted by Crippen LogP contribution is -2.34. The van der Waals surface area contributed by atoms with Gasteiger partial charge in [0, 0.05) is 31.1 Å². The maximum absolute atomic E-state index is 12.5. The molecule has 3 rings (SSSR count). The highest BCUT2D eigenvalue weighted by molar-refractivity contribution is 7.14. The molecule has 1 aromatic heterocycles. The molecule has 0 aliphatic carbocycles. The van der Waals surface area contributed by atoms with Crippen LogP contribution in [0, 0.1) is 13.8 Å². The molecule has 7 nitrogen and oxygen atoms in total. The number of nitrogens with zero attached hydrogens (tertiary/aromatic N) is 3. The van der Waals surface area contributed by atoms with Crippen LogP contribution in [-0.2, 0) is 14.4 Å². The third-order valence-corrected chi connectivity index (χ3v) is 5.77. The van der Waals surface area contributed by atoms with E-state index in [4.69, 9.17) is 0 Å². The highest BCUT2D eigenvalue weighted by Crippen LogP contribution is 2.29. The van der Waals surface area contributed by atoms with Crippen LogP contribution in [0.5, 0.6) is 0 Å². The first-order valence-corrected chi connectivity index (χ1v) is 11.2. The number of aryl methyl sites for hydroxylation is 2. The molecule has 0 radical (unpaired) electrons. The summed E-state index contributed by atoms with van der Waals surface area (Å²) in [7, 11) is 1.57. The third-order valence-electron chi connectivity index (χ3n) is 4.93. The lowest BCUT2D eigenvalue weighted by atomic mass is 10.1. The second-order valence-electron chi connectivity index (χ2n) is 7.59. The first kappa shape index (κ1) is 23.9. The van der Waals surface area contributed by atoms with Crippen molar-refractivity contribution in [2.24, 2.45) is 0 Å². The van der Waals surface area contributed by atoms with Gasteiger partial charge in [0.2, 0.25) is 17.7 Å². The quantitative estimate of drug-likeness (QED) is 0.522. The highest BCUT2D eigenvalue weighted by Gasteiger charge is 2.17. The molecular formula is C25H26N4O3S. The average molecular weight is 463 g/mol. The van der Waals surface area contributed by atoms with Gasteiger partial charge in [0.25, 0.3) is 0 Å². The van der Waals surface area contributed by atoms with Crippen LogP contribution in [0.3, 0.4) is 0 Å². The topological polar surface area (TPSA) is 82.6 Å². The Morgan fingerprint density at radius 3 is 2.33 bits per heavy atom. The molecule has 3 amide bonds. The molecule has 8 heteroatoms. The van der Waals surface area contributed by atoms with Crippen LogP contribution in [0.15, 0.2) is 60.0 Å². The van der Waals surface area contributed by atoms with Crippen molar-refractivity contribution in [1.82, 2.24) is 9.88 Å². The number of likely N-dealkylation sites (N-methyl/N-ethyl adjacent to an activating group) is 1. The fourth-order valence-electron chi connectivity index (χ4n) is 3.23. The molecule has 33 heavy (non-hydrogen) atoms. The number of thiazole rings is 1. The molecule has 0 fully saturated rings. The van der Waals surface area contributed by atoms with Crippen LogP contribution < -0.4 is 10.2 Å². The Kier molecular flexibility index (Phi) is 7.74. The minimum atomic E-state index is -0.326. The Bertz CT molecular complexity index is 1170. The summed E-state index contributed by atoms with van der Waals surface area (Å²) in [6.45, 7) is 5.25. The molecule has 1 N–H and O–H groups in total. The van der Waals surface area contributed by atoms with Crippen molar-refractivity contribution in [3.8, 4) is 0 Å². The minimum Gasteiger partial charge on any atom is -0.333 e. The summed E-state index contributed by atoms with van der Waals surface area (Å²) in [6.07, 6.45) is 2.94. The van der Waals surface area contributed by atoms with Crippen molar-refractivity contribution in [3.05, 3.63) is 76.8 Å². The number of aromatic nitrogens is 1. The van der Waals surface area contributed by atoms with E-state index < -0.39 is 0 Å². The van der Waals surface area contributed by atoms with E-state index in [-0.39, 0.29) is 24.3 Å². The SMILES string of the molecule is CC(=O)N(c1ccccc1)c1nc(/C=C/C(=O)N(C)CC(=O)Nc2c(C)cccc2C)cs1. The van der Waals surface area contributed by atoms with Crippen molar-refractivity contribution in [2.45, 2.75) is 20.8 Å². The summed E-state index contributed by atoms with van der Waals surface area (Å²) in [5.74, 6) is -0.753. The zero-order valence-corrected chi connectivity index (χ0v) is 19.8. The first-order valence-electron chi connectivity index (χ1n) is 10.4. The predicted octanol–water partition coefficient (Wildman–Crippen LogP) is 4.55. The molecule has 0 unspecified atom stereocenters. The van der Waals surface area contributed by atoms with Crippen LogP contribution in [0.25, 0.3) is 6.08 Å². The van der Waals surface area contributed by atoms with E-state index in [1.807, 2.05) is 62.4 Å². The molecule has 0 saturated carbocycles. The van der Waals surface area contributed by atoms with Gasteiger partial charge in [-0.1, -0.05) is 36.4 Å². The first-order chi connectivity index (χ1) is 15.8. The van der Waals surface area contributed by atoms with E-state index in [0.717, 1.165) is 22.5 Å². The van der Waals surface area contributed by atoms with Gasteiger partial charge in [-0.05, 0) is 43.2 Å². The minimum absolute atomic E-state index is 0.0780. The van der Waals surface area contributed by atoms with E-state index in [0.29, 0.717) is 10.8 Å². The fraction of sp³-hybridized carbons (Fsp3) is 0.200. The summed E-state index contributed by atoms with van der Waals surface area (Å²) in [4.78, 5) is 44.4. The van der Waals surface area contributed by atoms with Gasteiger partial charge in [0.05, 0.1) is 17.9 Å². The number of carbonyl (C=O) groups excluding carboxylic acids is 3. The highest BCUT2D eigenvalue weighted by atomic mass is 32.1. The molecule has 0 atom stereocenters. The fourth-order valence-corrected chi connectivity index (χ4v) is 4.08. The zero-order chi connectivity index (χ0) is 24.0. The number of benzene rings is 2. The Labute approximate surface area is 197 Å². The lowest BCUT2D eigenvalue weighted by molar-refractivity contribution is -0.129. The lowest BCUT2D eigenvalue weighted by Gasteiger charge is -2.17. The van der Waals surface area contributed by atoms with Crippen LogP contribution in [0.1, 0.15) is 23.7 Å². The van der Waals surface area contributed by atoms with Gasteiger partial charge in [0.1, 0.15) is 0 Å². The molecule has 2 aromatic carbocycles. The number of amides is 3. The number of hydrogen-bond acceptors (Lipinski definition) is 5. The van der Waals surface area contributed by atoms with Gasteiger partial charge in [-0.25, -0.2) is 4.98 Å². The van der Waals surface area contributed by atoms with E-state index in [2.05, 4.69) is 10.3 Å². The number of rotatable bonds is 7. The van der Waals surface area contributed by atoms with Crippen LogP contribution in [0.2, 0.25) is 0 Å². The standard InChI is InChI=1S/C25H26N4O3S/c1-17-9-8-10-18(2)24(17)27-22(31)15-28(4)23(32)14-13-20-16-33-25(26-20)29(19(3)30)21-11-6-5-7-12-21/h5-14,16H,15H2,1-4H3,(H,27,31)/b14-13+. The van der Waals surface area contributed by atoms with Gasteiger partial charge in [-0.2, -0.15) is 0 Å². The number of hydrogen-bond donors (Lipinski definition) is 1. The molecule has 0 aliphatic rings. The molecular weight excluding hydrogens is 436 g/mol. The predicted molar refractivity (Wildman–Crippen MR) is 133 cm³/mol. The maximum atomic E-state index is 12.5. The average Bonchev–Trinajstić information content (AvgIpc) is 3.23. The van der Waals surface area contributed by atoms with Crippen molar-refractivity contribution in [2.75, 3.05) is 23.8 Å². The van der Waals surface area contributed by atoms with E-state index in [1.165, 1.54) is 34.1 Å². The molecule has 0 aliphatic heterocycles. The summed E-state index contributed by atoms with van der Waals surface area (Å²) in [5, 5.41) is 5.16. The molecule has 3 aromatic rings. The summed E-state index contributed by atoms with van der Waals surface area (Å²) in [5.41, 5.74) is 3.97. The smallest absolute Gasteiger partial charge is 0.246 e. The maximum Gasteiger partial charge on any atom is 0.246 e. The van der Waals surface area contributed by atoms with Crippen LogP contribution in [0.4, 0.5) is 16.5 Å². The van der Waals surface area contributed by atoms with Crippen molar-refractivity contribution in [1.29, 1.82) is 0 Å². The summed E-state index contributed by atoms with van der Waals surface area (Å²) < 4.78 is 0. The second kappa shape index (κ2) is 10.7. The molecule has 0 bridgehead atoms. The third kappa shape index (κ3) is 6.14. The largest absolute Gasteiger partial charge is 0.333 e. The molecule has 0 saturated heterocycles. The van der Waals surface area contributed by atoms with Crippen molar-refractivity contribution < 1.29 is 14.4 Å². The van der Waals surface area contributed by atoms with E-state index >= 15 is 0 Å². The Hall–Kier alpha value is -3.78. The summed E-state index contributed by atoms with van der Waals surface area (Å²) in [6, 6.07) is 15.0. The van der Waals surface area contributed by atoms with Gasteiger partial charge in [0.15, 0.2) is 5.13 Å². The monoisotopic (exact) mass is 462 g/mol. The number of anilines is 3. The number of nitrogens with one attached hydrogen (secondary N) is 1. The van der Waals surface area contributed by atoms with Gasteiger partial charge < -0.3 is 10.2 Å². The van der Waals surface area contributed by atoms with Gasteiger partial charge >= 0.3 is 0 Å². The van der Waals surface area contributed by atoms with Crippen molar-refractivity contribution in [3.63, 3.8) is 0 Å². The van der Waals surface area contributed by atoms with Gasteiger partial charge in [-0.3, -0.25) is 19.3 Å². The normalized spacial score (nSPS) is 10.8. The van der Waals surface area contributed by atoms with Crippen molar-refractivity contribution >= 4 is 51.6 Å². The Morgan fingerprint density at radius 1 is 1.03 bits per heavy atom. The molecule has 170 valence electrons. The Balaban J connectivity index is 1.63. The van der Waals surface area contributed by atoms with Crippen LogP contribution in [-0.4, -0.2) is 41.2 Å². The Morgan fingerprint density at radius 2 is 1.70 bits per heavy atom. The van der Waals surface area contributed by atoms with Crippen LogP contribution >= 0.6 is 11.3 Å². The van der Waals surface area contributed by atoms with E-state index in [1.54, 1.807) is 18.5 Å². The molecule has 0 spiro atoms. The summed E-state index contributed by atoms with van der Waals surface area (Å²) >= 11 is 1.31. The number of para-hydroxylation sites is 2.